The standard InChI is InChI=1S/C16H27NS/c1-5-6-7-8-18-12-16(17-4)15-10-13(2)9-14(3)11-15/h9-11,16-17H,5-8,12H2,1-4H3. The Morgan fingerprint density at radius 1 is 1.11 bits per heavy atom. The second kappa shape index (κ2) is 8.60. The molecule has 102 valence electrons. The molecule has 1 nitrogen and oxygen atoms in total. The molecule has 0 aromatic heterocycles. The van der Waals surface area contributed by atoms with Crippen molar-refractivity contribution in [3.63, 3.8) is 0 Å². The zero-order valence-electron chi connectivity index (χ0n) is 12.3. The molecule has 18 heavy (non-hydrogen) atoms. The smallest absolute Gasteiger partial charge is 0.0409 e. The zero-order valence-corrected chi connectivity index (χ0v) is 13.1. The predicted octanol–water partition coefficient (Wildman–Crippen LogP) is 4.49. The molecule has 0 saturated heterocycles. The maximum atomic E-state index is 3.44. The van der Waals surface area contributed by atoms with Crippen molar-refractivity contribution >= 4 is 11.8 Å². The highest BCUT2D eigenvalue weighted by Crippen LogP contribution is 2.21. The fourth-order valence-electron chi connectivity index (χ4n) is 2.21. The average Bonchev–Trinajstić information content (AvgIpc) is 2.32. The van der Waals surface area contributed by atoms with E-state index >= 15 is 0 Å². The molecule has 0 amide bonds. The van der Waals surface area contributed by atoms with Gasteiger partial charge in [0.2, 0.25) is 0 Å². The first-order chi connectivity index (χ1) is 8.67. The molecule has 0 fully saturated rings. The number of hydrogen-bond donors (Lipinski definition) is 1. The van der Waals surface area contributed by atoms with E-state index in [4.69, 9.17) is 0 Å². The van der Waals surface area contributed by atoms with E-state index in [-0.39, 0.29) is 0 Å². The van der Waals surface area contributed by atoms with Gasteiger partial charge in [0.1, 0.15) is 0 Å². The SMILES string of the molecule is CCCCCSCC(NC)c1cc(C)cc(C)c1. The van der Waals surface area contributed by atoms with Gasteiger partial charge in [-0.05, 0) is 38.6 Å². The molecular weight excluding hydrogens is 238 g/mol. The number of rotatable bonds is 8. The minimum Gasteiger partial charge on any atom is -0.312 e. The first kappa shape index (κ1) is 15.6. The summed E-state index contributed by atoms with van der Waals surface area (Å²) < 4.78 is 0. The van der Waals surface area contributed by atoms with Crippen LogP contribution >= 0.6 is 11.8 Å². The lowest BCUT2D eigenvalue weighted by Crippen LogP contribution is -2.19. The summed E-state index contributed by atoms with van der Waals surface area (Å²) in [6.07, 6.45) is 4.03. The molecule has 1 aromatic carbocycles. The third kappa shape index (κ3) is 5.45. The van der Waals surface area contributed by atoms with E-state index in [1.165, 1.54) is 47.5 Å². The lowest BCUT2D eigenvalue weighted by atomic mass is 10.0. The van der Waals surface area contributed by atoms with Gasteiger partial charge in [-0.15, -0.1) is 0 Å². The Balaban J connectivity index is 2.49. The highest BCUT2D eigenvalue weighted by Gasteiger charge is 2.09. The van der Waals surface area contributed by atoms with Gasteiger partial charge < -0.3 is 5.32 Å². The van der Waals surface area contributed by atoms with Crippen LogP contribution in [-0.4, -0.2) is 18.6 Å². The highest BCUT2D eigenvalue weighted by molar-refractivity contribution is 7.99. The van der Waals surface area contributed by atoms with Gasteiger partial charge in [-0.2, -0.15) is 11.8 Å². The monoisotopic (exact) mass is 265 g/mol. The fraction of sp³-hybridized carbons (Fsp3) is 0.625. The maximum Gasteiger partial charge on any atom is 0.0409 e. The minimum atomic E-state index is 0.482. The van der Waals surface area contributed by atoms with Gasteiger partial charge in [-0.25, -0.2) is 0 Å². The second-order valence-corrected chi connectivity index (χ2v) is 6.19. The number of nitrogens with one attached hydrogen (secondary N) is 1. The summed E-state index contributed by atoms with van der Waals surface area (Å²) in [6, 6.07) is 7.34. The van der Waals surface area contributed by atoms with E-state index in [0.29, 0.717) is 6.04 Å². The van der Waals surface area contributed by atoms with Gasteiger partial charge in [0.25, 0.3) is 0 Å². The Hall–Kier alpha value is -0.470. The van der Waals surface area contributed by atoms with Crippen LogP contribution < -0.4 is 5.32 Å². The summed E-state index contributed by atoms with van der Waals surface area (Å²) in [5.74, 6) is 2.46. The van der Waals surface area contributed by atoms with Crippen LogP contribution in [-0.2, 0) is 0 Å². The zero-order chi connectivity index (χ0) is 13.4. The molecule has 0 spiro atoms. The highest BCUT2D eigenvalue weighted by atomic mass is 32.2. The Morgan fingerprint density at radius 2 is 1.78 bits per heavy atom. The van der Waals surface area contributed by atoms with Crippen molar-refractivity contribution in [1.82, 2.24) is 5.32 Å². The molecule has 1 rings (SSSR count). The van der Waals surface area contributed by atoms with Crippen LogP contribution in [0.5, 0.6) is 0 Å². The van der Waals surface area contributed by atoms with Crippen LogP contribution in [0, 0.1) is 13.8 Å². The third-order valence-corrected chi connectivity index (χ3v) is 4.32. The van der Waals surface area contributed by atoms with Crippen molar-refractivity contribution in [2.75, 3.05) is 18.6 Å². The number of thioether (sulfide) groups is 1. The maximum absolute atomic E-state index is 3.44. The van der Waals surface area contributed by atoms with E-state index in [1.807, 2.05) is 0 Å². The van der Waals surface area contributed by atoms with Crippen molar-refractivity contribution in [2.45, 2.75) is 46.1 Å². The molecule has 0 radical (unpaired) electrons. The van der Waals surface area contributed by atoms with Crippen molar-refractivity contribution in [3.05, 3.63) is 34.9 Å². The molecule has 1 unspecified atom stereocenters. The quantitative estimate of drug-likeness (QED) is 0.695. The Labute approximate surface area is 117 Å². The van der Waals surface area contributed by atoms with E-state index in [2.05, 4.69) is 63.1 Å². The second-order valence-electron chi connectivity index (χ2n) is 5.04. The largest absolute Gasteiger partial charge is 0.312 e. The lowest BCUT2D eigenvalue weighted by molar-refractivity contribution is 0.660. The third-order valence-electron chi connectivity index (χ3n) is 3.17. The summed E-state index contributed by atoms with van der Waals surface area (Å²) >= 11 is 2.07. The topological polar surface area (TPSA) is 12.0 Å². The lowest BCUT2D eigenvalue weighted by Gasteiger charge is -2.17. The molecule has 0 saturated carbocycles. The van der Waals surface area contributed by atoms with Gasteiger partial charge in [-0.1, -0.05) is 49.1 Å². The molecule has 0 aliphatic rings. The number of benzene rings is 1. The van der Waals surface area contributed by atoms with Crippen molar-refractivity contribution in [1.29, 1.82) is 0 Å². The van der Waals surface area contributed by atoms with E-state index in [9.17, 15) is 0 Å². The predicted molar refractivity (Wildman–Crippen MR) is 84.6 cm³/mol. The molecular formula is C16H27NS. The van der Waals surface area contributed by atoms with Gasteiger partial charge in [0.15, 0.2) is 0 Å². The first-order valence-electron chi connectivity index (χ1n) is 7.00. The van der Waals surface area contributed by atoms with Crippen LogP contribution in [0.1, 0.15) is 48.9 Å². The molecule has 2 heteroatoms. The van der Waals surface area contributed by atoms with Crippen molar-refractivity contribution in [2.24, 2.45) is 0 Å². The molecule has 1 N–H and O–H groups in total. The van der Waals surface area contributed by atoms with Crippen LogP contribution in [0.25, 0.3) is 0 Å². The molecule has 1 aromatic rings. The van der Waals surface area contributed by atoms with Crippen LogP contribution in [0.15, 0.2) is 18.2 Å². The average molecular weight is 265 g/mol. The van der Waals surface area contributed by atoms with Gasteiger partial charge in [0, 0.05) is 11.8 Å². The van der Waals surface area contributed by atoms with Crippen LogP contribution in [0.3, 0.4) is 0 Å². The van der Waals surface area contributed by atoms with Crippen LogP contribution in [0.2, 0.25) is 0 Å². The number of unbranched alkanes of at least 4 members (excludes halogenated alkanes) is 2. The first-order valence-corrected chi connectivity index (χ1v) is 8.16. The molecule has 0 heterocycles. The van der Waals surface area contributed by atoms with E-state index in [0.717, 1.165) is 0 Å². The minimum absolute atomic E-state index is 0.482. The number of aryl methyl sites for hydroxylation is 2. The Kier molecular flexibility index (Phi) is 7.45. The summed E-state index contributed by atoms with van der Waals surface area (Å²) in [7, 11) is 2.06. The van der Waals surface area contributed by atoms with E-state index < -0.39 is 0 Å². The molecule has 0 aliphatic carbocycles. The van der Waals surface area contributed by atoms with Gasteiger partial charge in [-0.3, -0.25) is 0 Å². The summed E-state index contributed by atoms with van der Waals surface area (Å²) in [5.41, 5.74) is 4.15. The van der Waals surface area contributed by atoms with Gasteiger partial charge in [0.05, 0.1) is 0 Å². The summed E-state index contributed by atoms with van der Waals surface area (Å²) in [4.78, 5) is 0. The Morgan fingerprint density at radius 3 is 2.33 bits per heavy atom. The normalized spacial score (nSPS) is 12.7. The van der Waals surface area contributed by atoms with Gasteiger partial charge >= 0.3 is 0 Å². The molecule has 1 atom stereocenters. The summed E-state index contributed by atoms with van der Waals surface area (Å²) in [6.45, 7) is 6.62. The Bertz CT molecular complexity index is 329. The van der Waals surface area contributed by atoms with Crippen molar-refractivity contribution in [3.8, 4) is 0 Å². The molecule has 0 bridgehead atoms. The van der Waals surface area contributed by atoms with Crippen LogP contribution in [0.4, 0.5) is 0 Å². The number of hydrogen-bond acceptors (Lipinski definition) is 2. The van der Waals surface area contributed by atoms with Crippen molar-refractivity contribution < 1.29 is 0 Å². The summed E-state index contributed by atoms with van der Waals surface area (Å²) in [5, 5.41) is 3.44. The fourth-order valence-corrected chi connectivity index (χ4v) is 3.38. The molecule has 0 aliphatic heterocycles. The van der Waals surface area contributed by atoms with E-state index in [1.54, 1.807) is 0 Å².